The van der Waals surface area contributed by atoms with Gasteiger partial charge in [0.2, 0.25) is 0 Å². The number of halogens is 1. The minimum Gasteiger partial charge on any atom is -0.487 e. The van der Waals surface area contributed by atoms with Crippen molar-refractivity contribution in [2.24, 2.45) is 5.92 Å². The van der Waals surface area contributed by atoms with Gasteiger partial charge in [0.15, 0.2) is 5.82 Å². The van der Waals surface area contributed by atoms with Gasteiger partial charge in [-0.1, -0.05) is 30.3 Å². The third-order valence-corrected chi connectivity index (χ3v) is 7.99. The van der Waals surface area contributed by atoms with Gasteiger partial charge in [-0.25, -0.2) is 13.4 Å². The molecule has 2 aromatic carbocycles. The van der Waals surface area contributed by atoms with Crippen molar-refractivity contribution >= 4 is 21.8 Å². The highest BCUT2D eigenvalue weighted by molar-refractivity contribution is 7.92. The SMILES string of the molecule is O=C1CN(c2c(OCc3ccccc3)cc3c(c2F)CC(NCCC2COC2)CC3)S(=O)(=O)N1. The number of hydrogen-bond acceptors (Lipinski definition) is 6. The molecule has 2 heterocycles. The molecule has 0 radical (unpaired) electrons. The van der Waals surface area contributed by atoms with Crippen LogP contribution in [0.1, 0.15) is 29.5 Å². The fourth-order valence-electron chi connectivity index (χ4n) is 4.67. The first-order valence-corrected chi connectivity index (χ1v) is 13.0. The molecule has 2 N–H and O–H groups in total. The molecule has 0 saturated carbocycles. The molecule has 1 unspecified atom stereocenters. The number of aryl methyl sites for hydroxylation is 1. The van der Waals surface area contributed by atoms with E-state index in [1.54, 1.807) is 6.07 Å². The van der Waals surface area contributed by atoms with E-state index in [0.29, 0.717) is 24.3 Å². The third-order valence-electron chi connectivity index (χ3n) is 6.61. The summed E-state index contributed by atoms with van der Waals surface area (Å²) >= 11 is 0. The van der Waals surface area contributed by atoms with Gasteiger partial charge in [-0.15, -0.1) is 0 Å². The van der Waals surface area contributed by atoms with Crippen molar-refractivity contribution in [3.05, 3.63) is 58.9 Å². The van der Waals surface area contributed by atoms with E-state index in [4.69, 9.17) is 9.47 Å². The minimum absolute atomic E-state index is 0.0990. The van der Waals surface area contributed by atoms with Crippen LogP contribution in [0.25, 0.3) is 0 Å². The maximum atomic E-state index is 16.0. The summed E-state index contributed by atoms with van der Waals surface area (Å²) in [6, 6.07) is 11.2. The zero-order chi connectivity index (χ0) is 23.7. The van der Waals surface area contributed by atoms with E-state index >= 15 is 4.39 Å². The largest absolute Gasteiger partial charge is 0.487 e. The summed E-state index contributed by atoms with van der Waals surface area (Å²) in [6.45, 7) is 2.10. The summed E-state index contributed by atoms with van der Waals surface area (Å²) < 4.78 is 55.0. The van der Waals surface area contributed by atoms with Crippen LogP contribution in [0.5, 0.6) is 5.75 Å². The highest BCUT2D eigenvalue weighted by atomic mass is 32.2. The summed E-state index contributed by atoms with van der Waals surface area (Å²) in [6.07, 6.45) is 2.97. The molecule has 10 heteroatoms. The Labute approximate surface area is 198 Å². The molecule has 5 rings (SSSR count). The number of fused-ring (bicyclic) bond motifs is 1. The average molecular weight is 490 g/mol. The molecule has 2 aliphatic heterocycles. The molecule has 1 aliphatic carbocycles. The lowest BCUT2D eigenvalue weighted by Crippen LogP contribution is -2.38. The fraction of sp³-hybridized carbons (Fsp3) is 0.458. The molecule has 0 bridgehead atoms. The zero-order valence-electron chi connectivity index (χ0n) is 18.8. The predicted molar refractivity (Wildman–Crippen MR) is 124 cm³/mol. The van der Waals surface area contributed by atoms with Gasteiger partial charge in [0, 0.05) is 12.0 Å². The van der Waals surface area contributed by atoms with E-state index in [1.807, 2.05) is 35.1 Å². The number of rotatable bonds is 8. The highest BCUT2D eigenvalue weighted by Gasteiger charge is 2.39. The Balaban J connectivity index is 1.42. The highest BCUT2D eigenvalue weighted by Crippen LogP contribution is 2.40. The number of benzene rings is 2. The van der Waals surface area contributed by atoms with Crippen LogP contribution in [0, 0.1) is 11.7 Å². The van der Waals surface area contributed by atoms with Crippen molar-refractivity contribution in [2.45, 2.75) is 38.3 Å². The first-order chi connectivity index (χ1) is 16.4. The normalized spacial score (nSPS) is 21.6. The Morgan fingerprint density at radius 2 is 2.03 bits per heavy atom. The predicted octanol–water partition coefficient (Wildman–Crippen LogP) is 2.07. The van der Waals surface area contributed by atoms with E-state index in [1.165, 1.54) is 0 Å². The van der Waals surface area contributed by atoms with E-state index in [9.17, 15) is 13.2 Å². The summed E-state index contributed by atoms with van der Waals surface area (Å²) in [7, 11) is -4.19. The number of nitrogens with one attached hydrogen (secondary N) is 2. The van der Waals surface area contributed by atoms with Crippen LogP contribution >= 0.6 is 0 Å². The van der Waals surface area contributed by atoms with Crippen molar-refractivity contribution in [1.29, 1.82) is 0 Å². The van der Waals surface area contributed by atoms with Crippen molar-refractivity contribution in [2.75, 3.05) is 30.6 Å². The second-order valence-corrected chi connectivity index (χ2v) is 10.7. The smallest absolute Gasteiger partial charge is 0.326 e. The van der Waals surface area contributed by atoms with Gasteiger partial charge >= 0.3 is 10.2 Å². The van der Waals surface area contributed by atoms with Crippen molar-refractivity contribution in [3.63, 3.8) is 0 Å². The number of anilines is 1. The first kappa shape index (κ1) is 23.1. The number of nitrogens with zero attached hydrogens (tertiary/aromatic N) is 1. The molecule has 182 valence electrons. The van der Waals surface area contributed by atoms with Gasteiger partial charge in [0.05, 0.1) is 13.2 Å². The van der Waals surface area contributed by atoms with Crippen LogP contribution in [0.4, 0.5) is 10.1 Å². The molecule has 0 spiro atoms. The molecule has 2 aromatic rings. The molecule has 1 atom stereocenters. The quantitative estimate of drug-likeness (QED) is 0.589. The molecule has 8 nitrogen and oxygen atoms in total. The first-order valence-electron chi connectivity index (χ1n) is 11.6. The lowest BCUT2D eigenvalue weighted by molar-refractivity contribution is -0.117. The van der Waals surface area contributed by atoms with Gasteiger partial charge in [0.25, 0.3) is 5.91 Å². The number of amides is 1. The van der Waals surface area contributed by atoms with Crippen LogP contribution in [0.15, 0.2) is 36.4 Å². The van der Waals surface area contributed by atoms with Gasteiger partial charge in [-0.3, -0.25) is 4.79 Å². The lowest BCUT2D eigenvalue weighted by atomic mass is 9.87. The molecular formula is C24H28FN3O5S. The Kier molecular flexibility index (Phi) is 6.46. The lowest BCUT2D eigenvalue weighted by Gasteiger charge is -2.30. The molecule has 2 saturated heterocycles. The second kappa shape index (κ2) is 9.52. The zero-order valence-corrected chi connectivity index (χ0v) is 19.6. The van der Waals surface area contributed by atoms with Crippen LogP contribution in [0.3, 0.4) is 0 Å². The molecular weight excluding hydrogens is 461 g/mol. The number of ether oxygens (including phenoxy) is 2. The Morgan fingerprint density at radius 1 is 1.24 bits per heavy atom. The van der Waals surface area contributed by atoms with Crippen LogP contribution in [0.2, 0.25) is 0 Å². The van der Waals surface area contributed by atoms with Gasteiger partial charge < -0.3 is 14.8 Å². The van der Waals surface area contributed by atoms with Crippen molar-refractivity contribution < 1.29 is 27.1 Å². The molecule has 34 heavy (non-hydrogen) atoms. The standard InChI is InChI=1S/C24H28FN3O5S/c25-23-20-11-19(26-9-8-17-13-32-14-17)7-6-18(20)10-21(33-15-16-4-2-1-3-5-16)24(23)28-12-22(29)27-34(28,30)31/h1-5,10,17,19,26H,6-9,11-15H2,(H,27,29). The van der Waals surface area contributed by atoms with E-state index in [-0.39, 0.29) is 24.1 Å². The number of hydrogen-bond donors (Lipinski definition) is 2. The Bertz CT molecular complexity index is 1170. The maximum absolute atomic E-state index is 16.0. The minimum atomic E-state index is -4.19. The van der Waals surface area contributed by atoms with E-state index in [0.717, 1.165) is 48.0 Å². The van der Waals surface area contributed by atoms with Crippen LogP contribution < -0.4 is 19.1 Å². The summed E-state index contributed by atoms with van der Waals surface area (Å²) in [4.78, 5) is 11.9. The Morgan fingerprint density at radius 3 is 2.71 bits per heavy atom. The van der Waals surface area contributed by atoms with Crippen molar-refractivity contribution in [1.82, 2.24) is 10.0 Å². The summed E-state index contributed by atoms with van der Waals surface area (Å²) in [5.41, 5.74) is 1.95. The second-order valence-electron chi connectivity index (χ2n) is 9.07. The molecule has 0 aromatic heterocycles. The summed E-state index contributed by atoms with van der Waals surface area (Å²) in [5.74, 6) is -0.636. The monoisotopic (exact) mass is 489 g/mol. The topological polar surface area (TPSA) is 97.0 Å². The van der Waals surface area contributed by atoms with Gasteiger partial charge in [-0.2, -0.15) is 8.42 Å². The average Bonchev–Trinajstić information content (AvgIpc) is 3.06. The van der Waals surface area contributed by atoms with Gasteiger partial charge in [-0.05, 0) is 55.0 Å². The van der Waals surface area contributed by atoms with Gasteiger partial charge in [0.1, 0.15) is 24.6 Å². The fourth-order valence-corrected chi connectivity index (χ4v) is 5.83. The molecule has 1 amide bonds. The van der Waals surface area contributed by atoms with Crippen LogP contribution in [-0.4, -0.2) is 46.7 Å². The van der Waals surface area contributed by atoms with E-state index in [2.05, 4.69) is 5.32 Å². The summed E-state index contributed by atoms with van der Waals surface area (Å²) in [5, 5.41) is 3.51. The van der Waals surface area contributed by atoms with E-state index < -0.39 is 28.5 Å². The molecule has 3 aliphatic rings. The number of carbonyl (C=O) groups excluding carboxylic acids is 1. The number of carbonyl (C=O) groups is 1. The maximum Gasteiger partial charge on any atom is 0.326 e. The molecule has 2 fully saturated rings. The van der Waals surface area contributed by atoms with Crippen LogP contribution in [-0.2, 0) is 39.2 Å². The van der Waals surface area contributed by atoms with Crippen molar-refractivity contribution in [3.8, 4) is 5.75 Å². The Hall–Kier alpha value is -2.69. The third kappa shape index (κ3) is 4.75.